The number of aliphatic imine (C=N–C) groups is 1. The van der Waals surface area contributed by atoms with E-state index in [4.69, 9.17) is 4.99 Å². The molecule has 2 fully saturated rings. The molecular weight excluding hydrogens is 360 g/mol. The molecule has 2 aliphatic heterocycles. The summed E-state index contributed by atoms with van der Waals surface area (Å²) in [4.78, 5) is 6.87. The van der Waals surface area contributed by atoms with Crippen molar-refractivity contribution in [3.8, 4) is 0 Å². The summed E-state index contributed by atoms with van der Waals surface area (Å²) in [6.07, 6.45) is 5.21. The lowest BCUT2D eigenvalue weighted by Gasteiger charge is -2.31. The molecule has 146 valence electrons. The lowest BCUT2D eigenvalue weighted by Crippen LogP contribution is -2.47. The van der Waals surface area contributed by atoms with Crippen LogP contribution in [0.1, 0.15) is 30.7 Å². The number of amidine groups is 1. The largest absolute Gasteiger partial charge is 0.382 e. The van der Waals surface area contributed by atoms with Crippen molar-refractivity contribution in [3.05, 3.63) is 47.8 Å². The first kappa shape index (κ1) is 18.5. The summed E-state index contributed by atoms with van der Waals surface area (Å²) >= 11 is 0. The molecule has 0 amide bonds. The summed E-state index contributed by atoms with van der Waals surface area (Å²) in [6.45, 7) is 2.79. The Morgan fingerprint density at radius 1 is 1.19 bits per heavy atom. The van der Waals surface area contributed by atoms with Crippen LogP contribution in [0.5, 0.6) is 0 Å². The second-order valence-electron chi connectivity index (χ2n) is 7.60. The van der Waals surface area contributed by atoms with Gasteiger partial charge in [-0.25, -0.2) is 13.4 Å². The van der Waals surface area contributed by atoms with E-state index in [2.05, 4.69) is 45.9 Å². The van der Waals surface area contributed by atoms with Crippen LogP contribution in [0, 0.1) is 0 Å². The lowest BCUT2D eigenvalue weighted by molar-refractivity contribution is 0.433. The molecule has 1 aromatic carbocycles. The molecule has 0 aromatic heterocycles. The zero-order valence-corrected chi connectivity index (χ0v) is 16.4. The van der Waals surface area contributed by atoms with E-state index in [1.54, 1.807) is 0 Å². The second kappa shape index (κ2) is 8.02. The fourth-order valence-electron chi connectivity index (χ4n) is 3.83. The van der Waals surface area contributed by atoms with E-state index < -0.39 is 9.84 Å². The van der Waals surface area contributed by atoms with Crippen LogP contribution < -0.4 is 10.6 Å². The standard InChI is InChI=1S/C20H28N4O2S/c25-27(26)11-9-24(10-12-27)20-15-21-14-17(23-20)7-4-8-22-19-13-18(19)16-5-2-1-3-6-16/h1-3,5-6,14,18-19,21-22H,4,7-13,15H2/t18-,19+/m0/s1. The van der Waals surface area contributed by atoms with Crippen LogP contribution in [0.25, 0.3) is 0 Å². The molecule has 4 rings (SSSR count). The smallest absolute Gasteiger partial charge is 0.153 e. The first-order valence-corrected chi connectivity index (χ1v) is 11.7. The van der Waals surface area contributed by atoms with E-state index in [0.717, 1.165) is 30.9 Å². The number of rotatable bonds is 6. The number of nitrogens with zero attached hydrogens (tertiary/aromatic N) is 2. The Morgan fingerprint density at radius 3 is 2.74 bits per heavy atom. The van der Waals surface area contributed by atoms with Crippen LogP contribution in [0.3, 0.4) is 0 Å². The zero-order valence-electron chi connectivity index (χ0n) is 15.6. The fourth-order valence-corrected chi connectivity index (χ4v) is 5.03. The molecular formula is C20H28N4O2S. The van der Waals surface area contributed by atoms with E-state index >= 15 is 0 Å². The predicted molar refractivity (Wildman–Crippen MR) is 109 cm³/mol. The van der Waals surface area contributed by atoms with Gasteiger partial charge in [-0.15, -0.1) is 0 Å². The van der Waals surface area contributed by atoms with Gasteiger partial charge in [0.25, 0.3) is 0 Å². The van der Waals surface area contributed by atoms with Gasteiger partial charge in [-0.3, -0.25) is 0 Å². The Bertz CT molecular complexity index is 806. The average Bonchev–Trinajstić information content (AvgIpc) is 3.46. The van der Waals surface area contributed by atoms with Crippen LogP contribution in [-0.4, -0.2) is 62.9 Å². The Morgan fingerprint density at radius 2 is 1.96 bits per heavy atom. The van der Waals surface area contributed by atoms with Gasteiger partial charge in [-0.2, -0.15) is 0 Å². The van der Waals surface area contributed by atoms with Crippen LogP contribution in [0.4, 0.5) is 0 Å². The number of allylic oxidation sites excluding steroid dienone is 1. The minimum atomic E-state index is -2.85. The lowest BCUT2D eigenvalue weighted by atomic mass is 10.1. The maximum absolute atomic E-state index is 11.6. The third-order valence-electron chi connectivity index (χ3n) is 5.55. The van der Waals surface area contributed by atoms with Gasteiger partial charge in [0.1, 0.15) is 5.84 Å². The van der Waals surface area contributed by atoms with E-state index in [9.17, 15) is 8.42 Å². The van der Waals surface area contributed by atoms with Crippen LogP contribution in [0.2, 0.25) is 0 Å². The molecule has 7 heteroatoms. The minimum absolute atomic E-state index is 0.235. The quantitative estimate of drug-likeness (QED) is 0.723. The second-order valence-corrected chi connectivity index (χ2v) is 9.90. The van der Waals surface area contributed by atoms with Crippen LogP contribution in [-0.2, 0) is 9.84 Å². The first-order chi connectivity index (χ1) is 13.1. The van der Waals surface area contributed by atoms with Gasteiger partial charge in [0.15, 0.2) is 9.84 Å². The SMILES string of the molecule is O=S1(=O)CCN(C2=NC(CCCN[C@@H]3C[C@H]3c3ccccc3)=CNC2)CC1. The van der Waals surface area contributed by atoms with Gasteiger partial charge in [-0.05, 0) is 31.4 Å². The van der Waals surface area contributed by atoms with Crippen molar-refractivity contribution in [2.24, 2.45) is 4.99 Å². The molecule has 0 spiro atoms. The molecule has 0 unspecified atom stereocenters. The number of benzene rings is 1. The van der Waals surface area contributed by atoms with Gasteiger partial charge in [0.2, 0.25) is 0 Å². The summed E-state index contributed by atoms with van der Waals surface area (Å²) in [5.41, 5.74) is 2.49. The first-order valence-electron chi connectivity index (χ1n) is 9.84. The van der Waals surface area contributed by atoms with Crippen molar-refractivity contribution in [3.63, 3.8) is 0 Å². The maximum Gasteiger partial charge on any atom is 0.153 e. The molecule has 27 heavy (non-hydrogen) atoms. The van der Waals surface area contributed by atoms with E-state index in [-0.39, 0.29) is 11.5 Å². The molecule has 2 atom stereocenters. The summed E-state index contributed by atoms with van der Waals surface area (Å²) in [5, 5.41) is 6.94. The summed E-state index contributed by atoms with van der Waals surface area (Å²) in [7, 11) is -2.85. The Balaban J connectivity index is 1.19. The molecule has 1 aliphatic carbocycles. The van der Waals surface area contributed by atoms with E-state index in [1.807, 2.05) is 6.20 Å². The van der Waals surface area contributed by atoms with E-state index in [0.29, 0.717) is 31.6 Å². The molecule has 1 saturated heterocycles. The number of hydrogen-bond acceptors (Lipinski definition) is 6. The summed E-state index contributed by atoms with van der Waals surface area (Å²) in [5.74, 6) is 2.11. The van der Waals surface area contributed by atoms with Crippen LogP contribution in [0.15, 0.2) is 47.2 Å². The molecule has 2 N–H and O–H groups in total. The molecule has 6 nitrogen and oxygen atoms in total. The van der Waals surface area contributed by atoms with Crippen molar-refractivity contribution >= 4 is 15.7 Å². The minimum Gasteiger partial charge on any atom is -0.382 e. The molecule has 1 aromatic rings. The number of nitrogens with one attached hydrogen (secondary N) is 2. The molecule has 2 heterocycles. The van der Waals surface area contributed by atoms with Gasteiger partial charge in [0, 0.05) is 31.2 Å². The highest BCUT2D eigenvalue weighted by molar-refractivity contribution is 7.91. The van der Waals surface area contributed by atoms with Crippen molar-refractivity contribution in [2.45, 2.75) is 31.2 Å². The topological polar surface area (TPSA) is 73.8 Å². The highest BCUT2D eigenvalue weighted by Crippen LogP contribution is 2.40. The Hall–Kier alpha value is -1.86. The summed E-state index contributed by atoms with van der Waals surface area (Å²) in [6, 6.07) is 11.3. The number of hydrogen-bond donors (Lipinski definition) is 2. The van der Waals surface area contributed by atoms with Gasteiger partial charge < -0.3 is 15.5 Å². The van der Waals surface area contributed by atoms with Crippen molar-refractivity contribution in [1.29, 1.82) is 0 Å². The van der Waals surface area contributed by atoms with Crippen LogP contribution >= 0.6 is 0 Å². The molecule has 1 saturated carbocycles. The highest BCUT2D eigenvalue weighted by atomic mass is 32.2. The van der Waals surface area contributed by atoms with Gasteiger partial charge >= 0.3 is 0 Å². The van der Waals surface area contributed by atoms with Crippen molar-refractivity contribution in [2.75, 3.05) is 37.7 Å². The predicted octanol–water partition coefficient (Wildman–Crippen LogP) is 1.49. The molecule has 0 bridgehead atoms. The molecule has 0 radical (unpaired) electrons. The Labute approximate surface area is 161 Å². The number of sulfone groups is 1. The average molecular weight is 389 g/mol. The fraction of sp³-hybridized carbons (Fsp3) is 0.550. The summed E-state index contributed by atoms with van der Waals surface area (Å²) < 4.78 is 23.2. The Kier molecular flexibility index (Phi) is 5.50. The van der Waals surface area contributed by atoms with Crippen molar-refractivity contribution < 1.29 is 8.42 Å². The van der Waals surface area contributed by atoms with E-state index in [1.165, 1.54) is 12.0 Å². The third-order valence-corrected chi connectivity index (χ3v) is 7.15. The normalized spacial score (nSPS) is 26.7. The van der Waals surface area contributed by atoms with Crippen molar-refractivity contribution in [1.82, 2.24) is 15.5 Å². The third kappa shape index (κ3) is 4.90. The zero-order chi connectivity index (χ0) is 18.7. The monoisotopic (exact) mass is 388 g/mol. The maximum atomic E-state index is 11.6. The molecule has 3 aliphatic rings. The van der Waals surface area contributed by atoms with Gasteiger partial charge in [0.05, 0.1) is 23.7 Å². The van der Waals surface area contributed by atoms with Gasteiger partial charge in [-0.1, -0.05) is 30.3 Å². The highest BCUT2D eigenvalue weighted by Gasteiger charge is 2.37.